The van der Waals surface area contributed by atoms with Crippen molar-refractivity contribution in [3.05, 3.63) is 35.4 Å². The maximum Gasteiger partial charge on any atom is 0.267 e. The smallest absolute Gasteiger partial charge is 0.267 e. The van der Waals surface area contributed by atoms with Crippen LogP contribution in [-0.2, 0) is 9.63 Å². The molecular formula is C18H20F2N2O2. The molecule has 0 unspecified atom stereocenters. The van der Waals surface area contributed by atoms with Gasteiger partial charge in [-0.2, -0.15) is 0 Å². The molecule has 1 amide bonds. The number of amides is 1. The van der Waals surface area contributed by atoms with Crippen molar-refractivity contribution in [3.8, 4) is 0 Å². The lowest BCUT2D eigenvalue weighted by Gasteiger charge is -2.37. The lowest BCUT2D eigenvalue weighted by Crippen LogP contribution is -2.46. The minimum absolute atomic E-state index is 0.0695. The van der Waals surface area contributed by atoms with Crippen LogP contribution in [0.2, 0.25) is 0 Å². The molecule has 2 fully saturated rings. The second-order valence-electron chi connectivity index (χ2n) is 6.89. The molecule has 1 aromatic carbocycles. The molecule has 3 aliphatic rings. The Balaban J connectivity index is 1.45. The molecule has 2 atom stereocenters. The third-order valence-corrected chi connectivity index (χ3v) is 5.46. The van der Waals surface area contributed by atoms with Gasteiger partial charge in [0.25, 0.3) is 5.91 Å². The number of rotatable bonds is 3. The van der Waals surface area contributed by atoms with E-state index in [9.17, 15) is 13.6 Å². The van der Waals surface area contributed by atoms with Crippen molar-refractivity contribution >= 4 is 11.6 Å². The number of carbonyl (C=O) groups is 1. The van der Waals surface area contributed by atoms with Crippen molar-refractivity contribution in [3.63, 3.8) is 0 Å². The molecule has 1 aromatic rings. The summed E-state index contributed by atoms with van der Waals surface area (Å²) in [6.07, 6.45) is 5.17. The van der Waals surface area contributed by atoms with Gasteiger partial charge < -0.3 is 9.74 Å². The molecule has 6 heteroatoms. The Hall–Kier alpha value is -1.98. The molecule has 1 saturated carbocycles. The van der Waals surface area contributed by atoms with Crippen LogP contribution in [0, 0.1) is 17.6 Å². The number of oxime groups is 1. The summed E-state index contributed by atoms with van der Waals surface area (Å²) in [4.78, 5) is 20.0. The molecule has 0 radical (unpaired) electrons. The van der Waals surface area contributed by atoms with Gasteiger partial charge in [-0.05, 0) is 49.8 Å². The second-order valence-corrected chi connectivity index (χ2v) is 6.89. The number of benzene rings is 1. The summed E-state index contributed by atoms with van der Waals surface area (Å²) in [7, 11) is 0. The van der Waals surface area contributed by atoms with Crippen molar-refractivity contribution in [2.75, 3.05) is 6.54 Å². The number of halogens is 2. The van der Waals surface area contributed by atoms with Crippen molar-refractivity contribution in [1.82, 2.24) is 4.90 Å². The van der Waals surface area contributed by atoms with Gasteiger partial charge in [0.05, 0.1) is 5.71 Å². The number of hydrogen-bond donors (Lipinski definition) is 0. The lowest BCUT2D eigenvalue weighted by atomic mass is 9.78. The van der Waals surface area contributed by atoms with Crippen LogP contribution in [0.5, 0.6) is 0 Å². The molecule has 128 valence electrons. The Morgan fingerprint density at radius 3 is 2.79 bits per heavy atom. The highest BCUT2D eigenvalue weighted by atomic mass is 19.1. The molecule has 2 heterocycles. The molecule has 1 saturated heterocycles. The van der Waals surface area contributed by atoms with Crippen LogP contribution in [0.25, 0.3) is 0 Å². The molecule has 1 aliphatic carbocycles. The van der Waals surface area contributed by atoms with Gasteiger partial charge >= 0.3 is 0 Å². The predicted octanol–water partition coefficient (Wildman–Crippen LogP) is 3.25. The van der Waals surface area contributed by atoms with E-state index in [1.807, 2.05) is 4.90 Å². The van der Waals surface area contributed by atoms with Crippen LogP contribution in [0.4, 0.5) is 8.78 Å². The standard InChI is InChI=1S/C18H20F2N2O2/c19-12-6-7-14(20)13(9-12)15-10-17(24-21-15)18(23)22-8-2-5-16(22)11-3-1-4-11/h6-7,9,11,16-17H,1-5,8,10H2/t16-,17-/m1/s1. The first-order valence-corrected chi connectivity index (χ1v) is 8.62. The van der Waals surface area contributed by atoms with E-state index < -0.39 is 17.7 Å². The van der Waals surface area contributed by atoms with Crippen LogP contribution in [-0.4, -0.2) is 35.2 Å². The minimum Gasteiger partial charge on any atom is -0.382 e. The number of nitrogens with zero attached hydrogens (tertiary/aromatic N) is 2. The summed E-state index contributed by atoms with van der Waals surface area (Å²) >= 11 is 0. The third-order valence-electron chi connectivity index (χ3n) is 5.46. The second kappa shape index (κ2) is 6.15. The van der Waals surface area contributed by atoms with Crippen LogP contribution in [0.3, 0.4) is 0 Å². The topological polar surface area (TPSA) is 41.9 Å². The molecule has 4 rings (SSSR count). The van der Waals surface area contributed by atoms with E-state index >= 15 is 0 Å². The van der Waals surface area contributed by atoms with Crippen LogP contribution >= 0.6 is 0 Å². The summed E-state index contributed by atoms with van der Waals surface area (Å²) in [6, 6.07) is 3.53. The molecule has 0 N–H and O–H groups in total. The highest BCUT2D eigenvalue weighted by molar-refractivity contribution is 6.04. The average molecular weight is 334 g/mol. The van der Waals surface area contributed by atoms with E-state index in [4.69, 9.17) is 4.84 Å². The van der Waals surface area contributed by atoms with Crippen LogP contribution in [0.15, 0.2) is 23.4 Å². The molecule has 2 aliphatic heterocycles. The van der Waals surface area contributed by atoms with Crippen molar-refractivity contribution in [2.45, 2.75) is 50.7 Å². The van der Waals surface area contributed by atoms with E-state index in [0.717, 1.165) is 37.6 Å². The fraction of sp³-hybridized carbons (Fsp3) is 0.556. The summed E-state index contributed by atoms with van der Waals surface area (Å²) in [6.45, 7) is 0.753. The quantitative estimate of drug-likeness (QED) is 0.851. The first kappa shape index (κ1) is 15.5. The van der Waals surface area contributed by atoms with E-state index in [1.165, 1.54) is 19.3 Å². The van der Waals surface area contributed by atoms with Crippen molar-refractivity contribution in [1.29, 1.82) is 0 Å². The monoisotopic (exact) mass is 334 g/mol. The lowest BCUT2D eigenvalue weighted by molar-refractivity contribution is -0.144. The molecular weight excluding hydrogens is 314 g/mol. The Labute approximate surface area is 139 Å². The summed E-state index contributed by atoms with van der Waals surface area (Å²) in [5, 5.41) is 3.85. The number of hydrogen-bond acceptors (Lipinski definition) is 3. The fourth-order valence-corrected chi connectivity index (χ4v) is 3.95. The first-order chi connectivity index (χ1) is 11.6. The minimum atomic E-state index is -0.719. The van der Waals surface area contributed by atoms with Gasteiger partial charge in [0.1, 0.15) is 11.6 Å². The molecule has 24 heavy (non-hydrogen) atoms. The van der Waals surface area contributed by atoms with E-state index in [0.29, 0.717) is 17.7 Å². The zero-order valence-corrected chi connectivity index (χ0v) is 13.4. The fourth-order valence-electron chi connectivity index (χ4n) is 3.95. The van der Waals surface area contributed by atoms with Crippen molar-refractivity contribution in [2.24, 2.45) is 11.1 Å². The first-order valence-electron chi connectivity index (χ1n) is 8.62. The SMILES string of the molecule is O=C([C@H]1CC(c2cc(F)ccc2F)=NO1)N1CCC[C@@H]1C1CCC1. The number of likely N-dealkylation sites (tertiary alicyclic amines) is 1. The van der Waals surface area contributed by atoms with Gasteiger partial charge in [-0.25, -0.2) is 8.78 Å². The highest BCUT2D eigenvalue weighted by Crippen LogP contribution is 2.38. The third kappa shape index (κ3) is 2.68. The summed E-state index contributed by atoms with van der Waals surface area (Å²) in [5.74, 6) is -0.548. The van der Waals surface area contributed by atoms with E-state index in [-0.39, 0.29) is 17.9 Å². The molecule has 4 nitrogen and oxygen atoms in total. The summed E-state index contributed by atoms with van der Waals surface area (Å²) < 4.78 is 27.2. The van der Waals surface area contributed by atoms with Crippen LogP contribution in [0.1, 0.15) is 44.1 Å². The zero-order valence-electron chi connectivity index (χ0n) is 13.4. The maximum absolute atomic E-state index is 13.9. The predicted molar refractivity (Wildman–Crippen MR) is 84.5 cm³/mol. The Kier molecular flexibility index (Phi) is 3.98. The van der Waals surface area contributed by atoms with Gasteiger partial charge in [0.15, 0.2) is 0 Å². The average Bonchev–Trinajstić information content (AvgIpc) is 3.17. The van der Waals surface area contributed by atoms with E-state index in [1.54, 1.807) is 0 Å². The van der Waals surface area contributed by atoms with Gasteiger partial charge in [-0.3, -0.25) is 4.79 Å². The van der Waals surface area contributed by atoms with Gasteiger partial charge in [-0.1, -0.05) is 11.6 Å². The van der Waals surface area contributed by atoms with Crippen molar-refractivity contribution < 1.29 is 18.4 Å². The highest BCUT2D eigenvalue weighted by Gasteiger charge is 2.41. The molecule has 0 spiro atoms. The maximum atomic E-state index is 13.9. The van der Waals surface area contributed by atoms with E-state index in [2.05, 4.69) is 5.16 Å². The summed E-state index contributed by atoms with van der Waals surface area (Å²) in [5.41, 5.74) is 0.368. The van der Waals surface area contributed by atoms with Gasteiger partial charge in [0, 0.05) is 24.6 Å². The Bertz CT molecular complexity index is 688. The van der Waals surface area contributed by atoms with Gasteiger partial charge in [0.2, 0.25) is 6.10 Å². The Morgan fingerprint density at radius 1 is 1.21 bits per heavy atom. The zero-order chi connectivity index (χ0) is 16.7. The van der Waals surface area contributed by atoms with Crippen LogP contribution < -0.4 is 0 Å². The molecule has 0 aromatic heterocycles. The number of carbonyl (C=O) groups excluding carboxylic acids is 1. The Morgan fingerprint density at radius 2 is 2.04 bits per heavy atom. The largest absolute Gasteiger partial charge is 0.382 e. The normalized spacial score (nSPS) is 26.9. The molecule has 0 bridgehead atoms. The van der Waals surface area contributed by atoms with Gasteiger partial charge in [-0.15, -0.1) is 0 Å².